The third-order valence-electron chi connectivity index (χ3n) is 3.54. The van der Waals surface area contributed by atoms with E-state index in [4.69, 9.17) is 4.74 Å². The van der Waals surface area contributed by atoms with Crippen molar-refractivity contribution in [1.82, 2.24) is 0 Å². The highest BCUT2D eigenvalue weighted by atomic mass is 19.3. The van der Waals surface area contributed by atoms with Crippen LogP contribution in [0.3, 0.4) is 0 Å². The number of hydrogen-bond acceptors (Lipinski definition) is 2. The topological polar surface area (TPSA) is 26.3 Å². The molecule has 0 aromatic heterocycles. The first-order valence-electron chi connectivity index (χ1n) is 6.44. The molecule has 2 rings (SSSR count). The van der Waals surface area contributed by atoms with E-state index < -0.39 is 17.8 Å². The Labute approximate surface area is 111 Å². The molecule has 0 spiro atoms. The lowest BCUT2D eigenvalue weighted by Gasteiger charge is -2.11. The molecule has 0 heterocycles. The fourth-order valence-electron chi connectivity index (χ4n) is 2.45. The van der Waals surface area contributed by atoms with Crippen LogP contribution in [0.15, 0.2) is 12.1 Å². The number of carbonyl (C=O) groups excluding carboxylic acids is 1. The second-order valence-corrected chi connectivity index (χ2v) is 5.36. The summed E-state index contributed by atoms with van der Waals surface area (Å²) in [7, 11) is 0. The Morgan fingerprint density at radius 1 is 1.32 bits per heavy atom. The highest BCUT2D eigenvalue weighted by Gasteiger charge is 2.56. The Bertz CT molecular complexity index is 486. The molecule has 104 valence electrons. The standard InChI is InChI=1S/C15H18F2O2/c1-9-6-10(2)13(11(3)7-9)14(18)19-5-4-12-8-15(12,16)17/h6-7,12H,4-5,8H2,1-3H3. The summed E-state index contributed by atoms with van der Waals surface area (Å²) in [6.45, 7) is 5.73. The van der Waals surface area contributed by atoms with Gasteiger partial charge in [-0.3, -0.25) is 0 Å². The number of aryl methyl sites for hydroxylation is 3. The minimum atomic E-state index is -2.54. The van der Waals surface area contributed by atoms with Crippen LogP contribution < -0.4 is 0 Å². The molecule has 1 aromatic rings. The Kier molecular flexibility index (Phi) is 3.61. The molecule has 1 saturated carbocycles. The van der Waals surface area contributed by atoms with Crippen molar-refractivity contribution in [3.63, 3.8) is 0 Å². The number of esters is 1. The average molecular weight is 268 g/mol. The monoisotopic (exact) mass is 268 g/mol. The lowest BCUT2D eigenvalue weighted by molar-refractivity contribution is 0.0451. The van der Waals surface area contributed by atoms with Gasteiger partial charge in [0.05, 0.1) is 12.2 Å². The van der Waals surface area contributed by atoms with E-state index in [9.17, 15) is 13.6 Å². The summed E-state index contributed by atoms with van der Waals surface area (Å²) in [5.41, 5.74) is 3.36. The largest absolute Gasteiger partial charge is 0.462 e. The van der Waals surface area contributed by atoms with Crippen LogP contribution in [-0.2, 0) is 4.74 Å². The highest BCUT2D eigenvalue weighted by molar-refractivity contribution is 5.92. The van der Waals surface area contributed by atoms with Crippen LogP contribution in [0, 0.1) is 26.7 Å². The van der Waals surface area contributed by atoms with Gasteiger partial charge in [0.15, 0.2) is 0 Å². The molecule has 1 aromatic carbocycles. The van der Waals surface area contributed by atoms with Gasteiger partial charge in [0.2, 0.25) is 0 Å². The number of rotatable bonds is 4. The maximum absolute atomic E-state index is 12.7. The summed E-state index contributed by atoms with van der Waals surface area (Å²) < 4.78 is 30.5. The molecule has 1 aliphatic rings. The highest BCUT2D eigenvalue weighted by Crippen LogP contribution is 2.50. The van der Waals surface area contributed by atoms with Gasteiger partial charge in [0, 0.05) is 12.3 Å². The molecule has 1 fully saturated rings. The molecule has 0 bridgehead atoms. The van der Waals surface area contributed by atoms with E-state index in [1.807, 2.05) is 32.9 Å². The van der Waals surface area contributed by atoms with E-state index >= 15 is 0 Å². The van der Waals surface area contributed by atoms with Gasteiger partial charge in [-0.15, -0.1) is 0 Å². The van der Waals surface area contributed by atoms with Crippen LogP contribution in [0.5, 0.6) is 0 Å². The van der Waals surface area contributed by atoms with Gasteiger partial charge < -0.3 is 4.74 Å². The van der Waals surface area contributed by atoms with Gasteiger partial charge in [-0.2, -0.15) is 0 Å². The molecule has 1 atom stereocenters. The summed E-state index contributed by atoms with van der Waals surface area (Å²) in [6.07, 6.45) is 0.163. The van der Waals surface area contributed by atoms with Crippen molar-refractivity contribution in [2.45, 2.75) is 39.5 Å². The molecule has 4 heteroatoms. The Balaban J connectivity index is 1.93. The maximum Gasteiger partial charge on any atom is 0.338 e. The Morgan fingerprint density at radius 3 is 2.32 bits per heavy atom. The minimum Gasteiger partial charge on any atom is -0.462 e. The van der Waals surface area contributed by atoms with Crippen LogP contribution in [0.4, 0.5) is 8.78 Å². The second kappa shape index (κ2) is 4.91. The third-order valence-corrected chi connectivity index (χ3v) is 3.54. The first kappa shape index (κ1) is 14.0. The predicted octanol–water partition coefficient (Wildman–Crippen LogP) is 3.81. The van der Waals surface area contributed by atoms with Gasteiger partial charge >= 0.3 is 5.97 Å². The summed E-state index contributed by atoms with van der Waals surface area (Å²) in [6, 6.07) is 3.83. The SMILES string of the molecule is Cc1cc(C)c(C(=O)OCCC2CC2(F)F)c(C)c1. The zero-order valence-electron chi connectivity index (χ0n) is 11.4. The van der Waals surface area contributed by atoms with Gasteiger partial charge in [0.1, 0.15) is 0 Å². The lowest BCUT2D eigenvalue weighted by Crippen LogP contribution is -2.11. The first-order chi connectivity index (χ1) is 8.81. The molecule has 19 heavy (non-hydrogen) atoms. The van der Waals surface area contributed by atoms with E-state index in [0.717, 1.165) is 16.7 Å². The summed E-state index contributed by atoms with van der Waals surface area (Å²) in [5, 5.41) is 0. The van der Waals surface area contributed by atoms with Crippen molar-refractivity contribution in [3.05, 3.63) is 34.4 Å². The van der Waals surface area contributed by atoms with E-state index in [1.54, 1.807) is 0 Å². The first-order valence-corrected chi connectivity index (χ1v) is 6.44. The molecule has 0 aliphatic heterocycles. The van der Waals surface area contributed by atoms with Crippen molar-refractivity contribution in [2.75, 3.05) is 6.61 Å². The number of hydrogen-bond donors (Lipinski definition) is 0. The molecule has 0 radical (unpaired) electrons. The van der Waals surface area contributed by atoms with Gasteiger partial charge in [0.25, 0.3) is 5.92 Å². The van der Waals surface area contributed by atoms with Crippen molar-refractivity contribution >= 4 is 5.97 Å². The smallest absolute Gasteiger partial charge is 0.338 e. The molecular weight excluding hydrogens is 250 g/mol. The molecule has 1 aliphatic carbocycles. The summed E-state index contributed by atoms with van der Waals surface area (Å²) >= 11 is 0. The zero-order valence-corrected chi connectivity index (χ0v) is 11.4. The minimum absolute atomic E-state index is 0.0614. The van der Waals surface area contributed by atoms with Crippen LogP contribution in [0.2, 0.25) is 0 Å². The van der Waals surface area contributed by atoms with E-state index in [2.05, 4.69) is 0 Å². The molecule has 0 N–H and O–H groups in total. The average Bonchev–Trinajstić information content (AvgIpc) is 2.84. The molecule has 2 nitrogen and oxygen atoms in total. The van der Waals surface area contributed by atoms with Gasteiger partial charge in [-0.25, -0.2) is 13.6 Å². The van der Waals surface area contributed by atoms with Gasteiger partial charge in [-0.05, 0) is 38.3 Å². The van der Waals surface area contributed by atoms with Crippen molar-refractivity contribution in [1.29, 1.82) is 0 Å². The molecule has 0 saturated heterocycles. The quantitative estimate of drug-likeness (QED) is 0.776. The van der Waals surface area contributed by atoms with Crippen molar-refractivity contribution in [2.24, 2.45) is 5.92 Å². The second-order valence-electron chi connectivity index (χ2n) is 5.36. The van der Waals surface area contributed by atoms with Crippen molar-refractivity contribution < 1.29 is 18.3 Å². The van der Waals surface area contributed by atoms with E-state index in [-0.39, 0.29) is 19.4 Å². The Hall–Kier alpha value is -1.45. The normalized spacial score (nSPS) is 20.2. The molecule has 0 amide bonds. The van der Waals surface area contributed by atoms with Crippen LogP contribution in [0.25, 0.3) is 0 Å². The fraction of sp³-hybridized carbons (Fsp3) is 0.533. The molecule has 1 unspecified atom stereocenters. The zero-order chi connectivity index (χ0) is 14.2. The fourth-order valence-corrected chi connectivity index (χ4v) is 2.45. The Morgan fingerprint density at radius 2 is 1.84 bits per heavy atom. The van der Waals surface area contributed by atoms with E-state index in [1.165, 1.54) is 0 Å². The van der Waals surface area contributed by atoms with Gasteiger partial charge in [-0.1, -0.05) is 17.7 Å². The number of alkyl halides is 2. The third kappa shape index (κ3) is 3.11. The predicted molar refractivity (Wildman–Crippen MR) is 68.6 cm³/mol. The van der Waals surface area contributed by atoms with Crippen LogP contribution in [0.1, 0.15) is 39.9 Å². The molecular formula is C15H18F2O2. The summed E-state index contributed by atoms with van der Waals surface area (Å²) in [4.78, 5) is 12.0. The lowest BCUT2D eigenvalue weighted by atomic mass is 10.00. The van der Waals surface area contributed by atoms with E-state index in [0.29, 0.717) is 5.56 Å². The maximum atomic E-state index is 12.7. The van der Waals surface area contributed by atoms with Crippen LogP contribution >= 0.6 is 0 Å². The van der Waals surface area contributed by atoms with Crippen molar-refractivity contribution in [3.8, 4) is 0 Å². The number of ether oxygens (including phenoxy) is 1. The number of halogens is 2. The van der Waals surface area contributed by atoms with Crippen LogP contribution in [-0.4, -0.2) is 18.5 Å². The summed E-state index contributed by atoms with van der Waals surface area (Å²) in [5.74, 6) is -3.57. The number of carbonyl (C=O) groups is 1. The number of benzene rings is 1.